The van der Waals surface area contributed by atoms with E-state index >= 15 is 0 Å². The van der Waals surface area contributed by atoms with Crippen LogP contribution >= 0.6 is 11.3 Å². The molecule has 2 heterocycles. The van der Waals surface area contributed by atoms with Gasteiger partial charge in [0.15, 0.2) is 0 Å². The SMILES string of the molecule is CC(C)c1ccc(-c2csc3ncnc(NCCOCCO)c23)cc1. The number of fused-ring (bicyclic) bond motifs is 1. The Labute approximate surface area is 151 Å². The molecule has 0 spiro atoms. The fraction of sp³-hybridized carbons (Fsp3) is 0.368. The Morgan fingerprint density at radius 2 is 1.96 bits per heavy atom. The number of anilines is 1. The average Bonchev–Trinajstić information content (AvgIpc) is 3.06. The van der Waals surface area contributed by atoms with Crippen LogP contribution in [0.5, 0.6) is 0 Å². The maximum Gasteiger partial charge on any atom is 0.138 e. The molecule has 2 N–H and O–H groups in total. The molecule has 0 amide bonds. The van der Waals surface area contributed by atoms with E-state index in [1.165, 1.54) is 11.1 Å². The number of aliphatic hydroxyl groups is 1. The molecular formula is C19H23N3O2S. The Morgan fingerprint density at radius 3 is 2.68 bits per heavy atom. The van der Waals surface area contributed by atoms with Gasteiger partial charge in [0.1, 0.15) is 17.0 Å². The molecule has 0 aliphatic heterocycles. The fourth-order valence-corrected chi connectivity index (χ4v) is 3.59. The van der Waals surface area contributed by atoms with Crippen molar-refractivity contribution in [1.82, 2.24) is 9.97 Å². The molecule has 0 saturated heterocycles. The minimum Gasteiger partial charge on any atom is -0.394 e. The predicted octanol–water partition coefficient (Wildman–Crippen LogP) is 3.90. The Morgan fingerprint density at radius 1 is 1.16 bits per heavy atom. The number of hydrogen-bond acceptors (Lipinski definition) is 6. The Kier molecular flexibility index (Phi) is 5.96. The fourth-order valence-electron chi connectivity index (χ4n) is 2.68. The maximum absolute atomic E-state index is 8.75. The molecule has 25 heavy (non-hydrogen) atoms. The molecular weight excluding hydrogens is 334 g/mol. The van der Waals surface area contributed by atoms with Crippen molar-refractivity contribution in [3.05, 3.63) is 41.5 Å². The summed E-state index contributed by atoms with van der Waals surface area (Å²) in [6, 6.07) is 8.70. The zero-order chi connectivity index (χ0) is 17.6. The highest BCUT2D eigenvalue weighted by molar-refractivity contribution is 7.17. The summed E-state index contributed by atoms with van der Waals surface area (Å²) in [6.45, 7) is 5.95. The van der Waals surface area contributed by atoms with Gasteiger partial charge in [0, 0.05) is 17.5 Å². The first-order chi connectivity index (χ1) is 12.2. The zero-order valence-electron chi connectivity index (χ0n) is 14.5. The van der Waals surface area contributed by atoms with Crippen molar-refractivity contribution < 1.29 is 9.84 Å². The lowest BCUT2D eigenvalue weighted by Crippen LogP contribution is -2.12. The third-order valence-corrected chi connectivity index (χ3v) is 4.92. The lowest BCUT2D eigenvalue weighted by Gasteiger charge is -2.10. The molecule has 0 bridgehead atoms. The molecule has 0 unspecified atom stereocenters. The second-order valence-corrected chi connectivity index (χ2v) is 6.95. The summed E-state index contributed by atoms with van der Waals surface area (Å²) < 4.78 is 5.30. The number of ether oxygens (including phenoxy) is 1. The molecule has 0 saturated carbocycles. The van der Waals surface area contributed by atoms with E-state index in [9.17, 15) is 0 Å². The summed E-state index contributed by atoms with van der Waals surface area (Å²) in [5.41, 5.74) is 3.65. The highest BCUT2D eigenvalue weighted by Gasteiger charge is 2.13. The molecule has 132 valence electrons. The summed E-state index contributed by atoms with van der Waals surface area (Å²) in [4.78, 5) is 9.77. The van der Waals surface area contributed by atoms with Gasteiger partial charge in [-0.05, 0) is 17.0 Å². The van der Waals surface area contributed by atoms with E-state index in [0.29, 0.717) is 25.7 Å². The molecule has 0 aliphatic carbocycles. The lowest BCUT2D eigenvalue weighted by molar-refractivity contribution is 0.0992. The molecule has 6 heteroatoms. The molecule has 5 nitrogen and oxygen atoms in total. The van der Waals surface area contributed by atoms with Crippen molar-refractivity contribution in [3.63, 3.8) is 0 Å². The van der Waals surface area contributed by atoms with Crippen molar-refractivity contribution in [1.29, 1.82) is 0 Å². The average molecular weight is 357 g/mol. The van der Waals surface area contributed by atoms with Crippen molar-refractivity contribution in [2.45, 2.75) is 19.8 Å². The predicted molar refractivity (Wildman–Crippen MR) is 103 cm³/mol. The highest BCUT2D eigenvalue weighted by Crippen LogP contribution is 2.36. The molecule has 0 aliphatic rings. The summed E-state index contributed by atoms with van der Waals surface area (Å²) >= 11 is 1.63. The molecule has 0 radical (unpaired) electrons. The first-order valence-corrected chi connectivity index (χ1v) is 9.33. The second kappa shape index (κ2) is 8.38. The van der Waals surface area contributed by atoms with Gasteiger partial charge in [-0.1, -0.05) is 38.1 Å². The minimum atomic E-state index is 0.0405. The number of thiophene rings is 1. The van der Waals surface area contributed by atoms with Gasteiger partial charge in [-0.3, -0.25) is 0 Å². The van der Waals surface area contributed by atoms with E-state index in [1.807, 2.05) is 0 Å². The molecule has 3 rings (SSSR count). The van der Waals surface area contributed by atoms with Crippen molar-refractivity contribution in [2.75, 3.05) is 31.7 Å². The van der Waals surface area contributed by atoms with Crippen LogP contribution < -0.4 is 5.32 Å². The van der Waals surface area contributed by atoms with Crippen LogP contribution in [-0.2, 0) is 4.74 Å². The van der Waals surface area contributed by atoms with Gasteiger partial charge < -0.3 is 15.2 Å². The topological polar surface area (TPSA) is 67.3 Å². The van der Waals surface area contributed by atoms with E-state index in [1.54, 1.807) is 17.7 Å². The van der Waals surface area contributed by atoms with Crippen molar-refractivity contribution >= 4 is 27.4 Å². The number of rotatable bonds is 8. The smallest absolute Gasteiger partial charge is 0.138 e. The Bertz CT molecular complexity index is 815. The standard InChI is InChI=1S/C19H23N3O2S/c1-13(2)14-3-5-15(6-4-14)16-11-25-19-17(16)18(21-12-22-19)20-7-9-24-10-8-23/h3-6,11-13,23H,7-10H2,1-2H3,(H,20,21,22). The summed E-state index contributed by atoms with van der Waals surface area (Å²) in [7, 11) is 0. The number of aromatic nitrogens is 2. The normalized spacial score (nSPS) is 11.4. The van der Waals surface area contributed by atoms with Crippen LogP contribution in [-0.4, -0.2) is 41.4 Å². The van der Waals surface area contributed by atoms with E-state index in [2.05, 4.69) is 58.8 Å². The summed E-state index contributed by atoms with van der Waals surface area (Å²) in [6.07, 6.45) is 1.58. The van der Waals surface area contributed by atoms with Gasteiger partial charge in [0.25, 0.3) is 0 Å². The maximum atomic E-state index is 8.75. The first-order valence-electron chi connectivity index (χ1n) is 8.45. The van der Waals surface area contributed by atoms with E-state index in [0.717, 1.165) is 21.6 Å². The van der Waals surface area contributed by atoms with Crippen molar-refractivity contribution in [2.24, 2.45) is 0 Å². The van der Waals surface area contributed by atoms with Crippen LogP contribution in [0.1, 0.15) is 25.3 Å². The quantitative estimate of drug-likeness (QED) is 0.599. The molecule has 2 aromatic heterocycles. The van der Waals surface area contributed by atoms with Crippen molar-refractivity contribution in [3.8, 4) is 11.1 Å². The summed E-state index contributed by atoms with van der Waals surface area (Å²) in [5, 5.41) is 15.3. The zero-order valence-corrected chi connectivity index (χ0v) is 15.3. The van der Waals surface area contributed by atoms with Gasteiger partial charge >= 0.3 is 0 Å². The minimum absolute atomic E-state index is 0.0405. The van der Waals surface area contributed by atoms with Gasteiger partial charge in [-0.15, -0.1) is 11.3 Å². The van der Waals surface area contributed by atoms with Gasteiger partial charge in [-0.2, -0.15) is 0 Å². The second-order valence-electron chi connectivity index (χ2n) is 6.09. The first kappa shape index (κ1) is 17.8. The van der Waals surface area contributed by atoms with Gasteiger partial charge in [0.05, 0.1) is 25.2 Å². The Balaban J connectivity index is 1.86. The number of benzene rings is 1. The van der Waals surface area contributed by atoms with Crippen LogP contribution in [0.15, 0.2) is 36.0 Å². The number of nitrogens with zero attached hydrogens (tertiary/aromatic N) is 2. The van der Waals surface area contributed by atoms with E-state index < -0.39 is 0 Å². The number of aliphatic hydroxyl groups excluding tert-OH is 1. The number of hydrogen-bond donors (Lipinski definition) is 2. The van der Waals surface area contributed by atoms with E-state index in [-0.39, 0.29) is 6.61 Å². The monoisotopic (exact) mass is 357 g/mol. The molecule has 0 fully saturated rings. The van der Waals surface area contributed by atoms with Crippen LogP contribution in [0.2, 0.25) is 0 Å². The third-order valence-electron chi connectivity index (χ3n) is 4.03. The van der Waals surface area contributed by atoms with E-state index in [4.69, 9.17) is 9.84 Å². The summed E-state index contributed by atoms with van der Waals surface area (Å²) in [5.74, 6) is 1.34. The van der Waals surface area contributed by atoms with Gasteiger partial charge in [0.2, 0.25) is 0 Å². The lowest BCUT2D eigenvalue weighted by atomic mass is 9.99. The largest absolute Gasteiger partial charge is 0.394 e. The van der Waals surface area contributed by atoms with Crippen LogP contribution in [0.25, 0.3) is 21.3 Å². The highest BCUT2D eigenvalue weighted by atomic mass is 32.1. The molecule has 1 aromatic carbocycles. The molecule has 3 aromatic rings. The molecule has 0 atom stereocenters. The number of nitrogens with one attached hydrogen (secondary N) is 1. The van der Waals surface area contributed by atoms with Crippen LogP contribution in [0.4, 0.5) is 5.82 Å². The van der Waals surface area contributed by atoms with Crippen LogP contribution in [0, 0.1) is 0 Å². The van der Waals surface area contributed by atoms with Crippen LogP contribution in [0.3, 0.4) is 0 Å². The van der Waals surface area contributed by atoms with Gasteiger partial charge in [-0.25, -0.2) is 9.97 Å². The Hall–Kier alpha value is -2.02. The third kappa shape index (κ3) is 4.15.